The maximum atomic E-state index is 11.0. The second-order valence-electron chi connectivity index (χ2n) is 5.21. The number of nitrogens with zero attached hydrogens (tertiary/aromatic N) is 4. The third-order valence-corrected chi connectivity index (χ3v) is 3.85. The number of piperidine rings is 1. The van der Waals surface area contributed by atoms with Gasteiger partial charge in [0.2, 0.25) is 5.95 Å². The molecule has 1 aliphatic rings. The molecule has 0 bridgehead atoms. The summed E-state index contributed by atoms with van der Waals surface area (Å²) in [6.45, 7) is 3.50. The summed E-state index contributed by atoms with van der Waals surface area (Å²) in [6, 6.07) is 1.95. The van der Waals surface area contributed by atoms with Crippen molar-refractivity contribution in [1.29, 1.82) is 0 Å². The Hall–Kier alpha value is -2.31. The van der Waals surface area contributed by atoms with Crippen LogP contribution in [-0.2, 0) is 4.79 Å². The van der Waals surface area contributed by atoms with Crippen molar-refractivity contribution in [3.63, 3.8) is 0 Å². The molecule has 0 unspecified atom stereocenters. The summed E-state index contributed by atoms with van der Waals surface area (Å²) >= 11 is 0. The Morgan fingerprint density at radius 2 is 2.15 bits per heavy atom. The van der Waals surface area contributed by atoms with Gasteiger partial charge in [0.05, 0.1) is 17.8 Å². The molecule has 1 fully saturated rings. The van der Waals surface area contributed by atoms with Crippen molar-refractivity contribution in [3.05, 3.63) is 17.8 Å². The van der Waals surface area contributed by atoms with Gasteiger partial charge in [0.1, 0.15) is 0 Å². The number of carbonyl (C=O) groups is 1. The molecule has 0 amide bonds. The standard InChI is InChI=1S/C13H17N5O2/c1-8-6-11-15-13(14)16-18(11)7-10(8)17-4-2-9(3-5-17)12(19)20/h6-7,9H,2-5H2,1H3,(H2,14,16)(H,19,20). The molecule has 0 aliphatic carbocycles. The van der Waals surface area contributed by atoms with Crippen LogP contribution in [0.5, 0.6) is 0 Å². The van der Waals surface area contributed by atoms with E-state index in [0.717, 1.165) is 30.0 Å². The number of nitrogens with two attached hydrogens (primary N) is 1. The van der Waals surface area contributed by atoms with Crippen LogP contribution < -0.4 is 10.6 Å². The molecule has 106 valence electrons. The van der Waals surface area contributed by atoms with Gasteiger partial charge >= 0.3 is 5.97 Å². The molecule has 20 heavy (non-hydrogen) atoms. The van der Waals surface area contributed by atoms with Gasteiger partial charge in [0, 0.05) is 13.1 Å². The monoisotopic (exact) mass is 275 g/mol. The topological polar surface area (TPSA) is 96.8 Å². The number of hydrogen-bond acceptors (Lipinski definition) is 5. The molecule has 0 aromatic carbocycles. The molecule has 1 saturated heterocycles. The number of pyridine rings is 1. The molecule has 0 saturated carbocycles. The number of fused-ring (bicyclic) bond motifs is 1. The molecule has 2 aromatic rings. The SMILES string of the molecule is Cc1cc2nc(N)nn2cc1N1CCC(C(=O)O)CC1. The number of hydrogen-bond donors (Lipinski definition) is 2. The molecule has 0 atom stereocenters. The predicted molar refractivity (Wildman–Crippen MR) is 74.7 cm³/mol. The van der Waals surface area contributed by atoms with Crippen LogP contribution in [0.15, 0.2) is 12.3 Å². The minimum atomic E-state index is -0.694. The van der Waals surface area contributed by atoms with Gasteiger partial charge in [0.25, 0.3) is 0 Å². The number of anilines is 2. The Balaban J connectivity index is 1.87. The third kappa shape index (κ3) is 2.15. The molecule has 7 heteroatoms. The van der Waals surface area contributed by atoms with E-state index in [4.69, 9.17) is 10.8 Å². The lowest BCUT2D eigenvalue weighted by atomic mass is 9.96. The summed E-state index contributed by atoms with van der Waals surface area (Å²) in [6.07, 6.45) is 3.26. The smallest absolute Gasteiger partial charge is 0.306 e. The Labute approximate surface area is 116 Å². The van der Waals surface area contributed by atoms with E-state index in [-0.39, 0.29) is 11.9 Å². The molecule has 1 aliphatic heterocycles. The van der Waals surface area contributed by atoms with Crippen LogP contribution in [0.4, 0.5) is 11.6 Å². The minimum Gasteiger partial charge on any atom is -0.481 e. The van der Waals surface area contributed by atoms with E-state index in [2.05, 4.69) is 15.0 Å². The molecule has 3 N–H and O–H groups in total. The van der Waals surface area contributed by atoms with Gasteiger partial charge in [-0.3, -0.25) is 4.79 Å². The normalized spacial score (nSPS) is 16.8. The molecule has 3 rings (SSSR count). The first-order valence-corrected chi connectivity index (χ1v) is 6.65. The van der Waals surface area contributed by atoms with Crippen molar-refractivity contribution in [2.24, 2.45) is 5.92 Å². The number of carboxylic acids is 1. The summed E-state index contributed by atoms with van der Waals surface area (Å²) in [5, 5.41) is 13.2. The van der Waals surface area contributed by atoms with Gasteiger partial charge in [0.15, 0.2) is 5.65 Å². The molecular formula is C13H17N5O2. The average molecular weight is 275 g/mol. The van der Waals surface area contributed by atoms with Crippen LogP contribution >= 0.6 is 0 Å². The van der Waals surface area contributed by atoms with E-state index < -0.39 is 5.97 Å². The predicted octanol–water partition coefficient (Wildman–Crippen LogP) is 0.921. The zero-order valence-electron chi connectivity index (χ0n) is 11.3. The Kier molecular flexibility index (Phi) is 2.96. The van der Waals surface area contributed by atoms with Gasteiger partial charge in [-0.15, -0.1) is 5.10 Å². The number of aromatic nitrogens is 3. The van der Waals surface area contributed by atoms with Crippen LogP contribution in [0.1, 0.15) is 18.4 Å². The van der Waals surface area contributed by atoms with Crippen LogP contribution in [0.2, 0.25) is 0 Å². The van der Waals surface area contributed by atoms with Crippen LogP contribution in [0.3, 0.4) is 0 Å². The maximum absolute atomic E-state index is 11.0. The van der Waals surface area contributed by atoms with Gasteiger partial charge < -0.3 is 15.7 Å². The number of aryl methyl sites for hydroxylation is 1. The fraction of sp³-hybridized carbons (Fsp3) is 0.462. The Morgan fingerprint density at radius 1 is 1.45 bits per heavy atom. The van der Waals surface area contributed by atoms with E-state index in [1.807, 2.05) is 19.2 Å². The summed E-state index contributed by atoms with van der Waals surface area (Å²) in [5.74, 6) is -0.663. The quantitative estimate of drug-likeness (QED) is 0.846. The highest BCUT2D eigenvalue weighted by atomic mass is 16.4. The van der Waals surface area contributed by atoms with E-state index in [1.54, 1.807) is 4.52 Å². The molecule has 0 spiro atoms. The lowest BCUT2D eigenvalue weighted by Crippen LogP contribution is -2.36. The highest BCUT2D eigenvalue weighted by Gasteiger charge is 2.25. The van der Waals surface area contributed by atoms with Crippen molar-refractivity contribution >= 4 is 23.3 Å². The maximum Gasteiger partial charge on any atom is 0.306 e. The van der Waals surface area contributed by atoms with Gasteiger partial charge in [-0.05, 0) is 31.4 Å². The molecular weight excluding hydrogens is 258 g/mol. The van der Waals surface area contributed by atoms with Crippen LogP contribution in [0, 0.1) is 12.8 Å². The van der Waals surface area contributed by atoms with Gasteiger partial charge in [-0.2, -0.15) is 4.98 Å². The lowest BCUT2D eigenvalue weighted by Gasteiger charge is -2.32. The molecule has 7 nitrogen and oxygen atoms in total. The van der Waals surface area contributed by atoms with Crippen molar-refractivity contribution in [2.45, 2.75) is 19.8 Å². The summed E-state index contributed by atoms with van der Waals surface area (Å²) < 4.78 is 1.67. The van der Waals surface area contributed by atoms with E-state index in [1.165, 1.54) is 0 Å². The van der Waals surface area contributed by atoms with Gasteiger partial charge in [-0.1, -0.05) is 0 Å². The lowest BCUT2D eigenvalue weighted by molar-refractivity contribution is -0.142. The summed E-state index contributed by atoms with van der Waals surface area (Å²) in [7, 11) is 0. The second kappa shape index (κ2) is 4.66. The molecule has 0 radical (unpaired) electrons. The average Bonchev–Trinajstić information content (AvgIpc) is 2.77. The zero-order chi connectivity index (χ0) is 14.3. The number of rotatable bonds is 2. The van der Waals surface area contributed by atoms with Gasteiger partial charge in [-0.25, -0.2) is 4.52 Å². The van der Waals surface area contributed by atoms with E-state index in [0.29, 0.717) is 12.8 Å². The first-order valence-electron chi connectivity index (χ1n) is 6.65. The fourth-order valence-corrected chi connectivity index (χ4v) is 2.73. The Bertz CT molecular complexity index is 658. The minimum absolute atomic E-state index is 0.225. The molecule has 2 aromatic heterocycles. The number of carboxylic acid groups (broad SMARTS) is 1. The van der Waals surface area contributed by atoms with Crippen LogP contribution in [-0.4, -0.2) is 38.8 Å². The largest absolute Gasteiger partial charge is 0.481 e. The number of aliphatic carboxylic acids is 1. The zero-order valence-corrected chi connectivity index (χ0v) is 11.3. The third-order valence-electron chi connectivity index (χ3n) is 3.85. The highest BCUT2D eigenvalue weighted by Crippen LogP contribution is 2.26. The first-order chi connectivity index (χ1) is 9.54. The van der Waals surface area contributed by atoms with Crippen LogP contribution in [0.25, 0.3) is 5.65 Å². The van der Waals surface area contributed by atoms with Crippen molar-refractivity contribution in [2.75, 3.05) is 23.7 Å². The highest BCUT2D eigenvalue weighted by molar-refractivity contribution is 5.70. The summed E-state index contributed by atoms with van der Waals surface area (Å²) in [4.78, 5) is 17.3. The van der Waals surface area contributed by atoms with Crippen molar-refractivity contribution < 1.29 is 9.90 Å². The molecule has 3 heterocycles. The fourth-order valence-electron chi connectivity index (χ4n) is 2.73. The second-order valence-corrected chi connectivity index (χ2v) is 5.21. The summed E-state index contributed by atoms with van der Waals surface area (Å²) in [5.41, 5.74) is 8.48. The van der Waals surface area contributed by atoms with Crippen molar-refractivity contribution in [3.8, 4) is 0 Å². The Morgan fingerprint density at radius 3 is 2.80 bits per heavy atom. The first kappa shape index (κ1) is 12.7. The van der Waals surface area contributed by atoms with E-state index in [9.17, 15) is 4.79 Å². The van der Waals surface area contributed by atoms with Crippen molar-refractivity contribution in [1.82, 2.24) is 14.6 Å². The number of nitrogen functional groups attached to an aromatic ring is 1. The van der Waals surface area contributed by atoms with E-state index >= 15 is 0 Å².